The molecule has 7 heteroatoms. The summed E-state index contributed by atoms with van der Waals surface area (Å²) in [5.74, 6) is 7.25. The summed E-state index contributed by atoms with van der Waals surface area (Å²) in [6, 6.07) is 18.1. The second-order valence-electron chi connectivity index (χ2n) is 7.68. The molecule has 0 bridgehead atoms. The van der Waals surface area contributed by atoms with Gasteiger partial charge in [0.05, 0.1) is 5.39 Å². The Labute approximate surface area is 184 Å². The van der Waals surface area contributed by atoms with Crippen molar-refractivity contribution in [2.24, 2.45) is 0 Å². The van der Waals surface area contributed by atoms with E-state index in [1.807, 2.05) is 42.5 Å². The van der Waals surface area contributed by atoms with Crippen LogP contribution in [0, 0.1) is 0 Å². The lowest BCUT2D eigenvalue weighted by Crippen LogP contribution is -2.33. The van der Waals surface area contributed by atoms with Gasteiger partial charge in [-0.05, 0) is 41.8 Å². The summed E-state index contributed by atoms with van der Waals surface area (Å²) in [4.78, 5) is 22.0. The van der Waals surface area contributed by atoms with E-state index < -0.39 is 0 Å². The number of thiophene rings is 1. The summed E-state index contributed by atoms with van der Waals surface area (Å²) in [7, 11) is 0. The number of ether oxygens (including phenoxy) is 1. The molecule has 2 aromatic heterocycles. The van der Waals surface area contributed by atoms with Crippen LogP contribution in [0.2, 0.25) is 0 Å². The number of hydrogen-bond donors (Lipinski definition) is 1. The van der Waals surface area contributed by atoms with Crippen LogP contribution in [0.1, 0.15) is 23.2 Å². The van der Waals surface area contributed by atoms with Crippen molar-refractivity contribution in [3.8, 4) is 16.9 Å². The molecule has 5 rings (SSSR count). The first kappa shape index (κ1) is 19.8. The highest BCUT2D eigenvalue weighted by molar-refractivity contribution is 7.18. The van der Waals surface area contributed by atoms with E-state index in [0.717, 1.165) is 52.3 Å². The summed E-state index contributed by atoms with van der Waals surface area (Å²) in [5.41, 5.74) is 3.20. The van der Waals surface area contributed by atoms with Crippen molar-refractivity contribution >= 4 is 21.6 Å². The predicted octanol–water partition coefficient (Wildman–Crippen LogP) is 3.80. The highest BCUT2D eigenvalue weighted by Crippen LogP contribution is 2.32. The molecule has 4 aromatic rings. The molecular weight excluding hydrogens is 408 g/mol. The van der Waals surface area contributed by atoms with Gasteiger partial charge in [-0.25, -0.2) is 9.66 Å². The van der Waals surface area contributed by atoms with E-state index in [9.17, 15) is 4.79 Å². The number of rotatable bonds is 5. The van der Waals surface area contributed by atoms with E-state index in [2.05, 4.69) is 28.9 Å². The zero-order valence-corrected chi connectivity index (χ0v) is 18.2. The SMILES string of the molecule is CCN1CCc2c(sc3nc(COc4ccc(-c5ccccc5)cc4)n(N)c(=O)c23)C1. The molecule has 0 unspecified atom stereocenters. The van der Waals surface area contributed by atoms with Gasteiger partial charge in [0.1, 0.15) is 17.2 Å². The Balaban J connectivity index is 1.38. The van der Waals surface area contributed by atoms with Crippen molar-refractivity contribution in [3.63, 3.8) is 0 Å². The summed E-state index contributed by atoms with van der Waals surface area (Å²) < 4.78 is 7.04. The molecule has 0 aliphatic carbocycles. The van der Waals surface area contributed by atoms with Crippen molar-refractivity contribution in [1.82, 2.24) is 14.6 Å². The molecule has 0 saturated carbocycles. The van der Waals surface area contributed by atoms with Crippen LogP contribution in [0.3, 0.4) is 0 Å². The van der Waals surface area contributed by atoms with Crippen LogP contribution in [0.25, 0.3) is 21.3 Å². The Morgan fingerprint density at radius 3 is 2.58 bits per heavy atom. The Bertz CT molecular complexity index is 1280. The topological polar surface area (TPSA) is 73.4 Å². The normalized spacial score (nSPS) is 14.0. The maximum absolute atomic E-state index is 13.0. The number of nitrogen functional groups attached to an aromatic ring is 1. The molecule has 1 aliphatic rings. The van der Waals surface area contributed by atoms with Gasteiger partial charge in [-0.1, -0.05) is 49.4 Å². The molecule has 6 nitrogen and oxygen atoms in total. The molecular formula is C24H24N4O2S. The molecule has 0 spiro atoms. The van der Waals surface area contributed by atoms with Crippen LogP contribution >= 0.6 is 11.3 Å². The monoisotopic (exact) mass is 432 g/mol. The number of aromatic nitrogens is 2. The maximum atomic E-state index is 13.0. The number of benzene rings is 2. The third kappa shape index (κ3) is 3.71. The van der Waals surface area contributed by atoms with Crippen molar-refractivity contribution < 1.29 is 4.74 Å². The molecule has 31 heavy (non-hydrogen) atoms. The molecule has 0 radical (unpaired) electrons. The van der Waals surface area contributed by atoms with Crippen molar-refractivity contribution in [1.29, 1.82) is 0 Å². The van der Waals surface area contributed by atoms with Crippen LogP contribution in [-0.4, -0.2) is 27.6 Å². The molecule has 3 heterocycles. The average Bonchev–Trinajstić information content (AvgIpc) is 3.19. The van der Waals surface area contributed by atoms with Crippen LogP contribution in [0.4, 0.5) is 0 Å². The Kier molecular flexibility index (Phi) is 5.21. The quantitative estimate of drug-likeness (QED) is 0.486. The first-order chi connectivity index (χ1) is 15.1. The Morgan fingerprint density at radius 1 is 1.10 bits per heavy atom. The first-order valence-electron chi connectivity index (χ1n) is 10.5. The fraction of sp³-hybridized carbons (Fsp3) is 0.250. The smallest absolute Gasteiger partial charge is 0.281 e. The van der Waals surface area contributed by atoms with E-state index in [4.69, 9.17) is 10.6 Å². The second kappa shape index (κ2) is 8.17. The van der Waals surface area contributed by atoms with Crippen molar-refractivity contribution in [3.05, 3.63) is 81.2 Å². The van der Waals surface area contributed by atoms with Gasteiger partial charge in [0, 0.05) is 18.0 Å². The van der Waals surface area contributed by atoms with Gasteiger partial charge >= 0.3 is 0 Å². The zero-order valence-electron chi connectivity index (χ0n) is 17.4. The Hall–Kier alpha value is -3.16. The molecule has 0 amide bonds. The van der Waals surface area contributed by atoms with Crippen molar-refractivity contribution in [2.45, 2.75) is 26.5 Å². The molecule has 0 atom stereocenters. The molecule has 0 saturated heterocycles. The minimum absolute atomic E-state index is 0.135. The third-order valence-electron chi connectivity index (χ3n) is 5.84. The molecule has 158 valence electrons. The highest BCUT2D eigenvalue weighted by atomic mass is 32.1. The first-order valence-corrected chi connectivity index (χ1v) is 11.3. The highest BCUT2D eigenvalue weighted by Gasteiger charge is 2.24. The zero-order chi connectivity index (χ0) is 21.4. The summed E-state index contributed by atoms with van der Waals surface area (Å²) in [6.45, 7) is 5.13. The van der Waals surface area contributed by atoms with E-state index >= 15 is 0 Å². The minimum Gasteiger partial charge on any atom is -0.486 e. The summed E-state index contributed by atoms with van der Waals surface area (Å²) in [5, 5.41) is 0.675. The number of hydrogen-bond acceptors (Lipinski definition) is 6. The molecule has 2 N–H and O–H groups in total. The molecule has 2 aromatic carbocycles. The maximum Gasteiger partial charge on any atom is 0.281 e. The van der Waals surface area contributed by atoms with Gasteiger partial charge in [-0.2, -0.15) is 0 Å². The van der Waals surface area contributed by atoms with Crippen LogP contribution < -0.4 is 16.1 Å². The minimum atomic E-state index is -0.189. The fourth-order valence-corrected chi connectivity index (χ4v) is 5.32. The van der Waals surface area contributed by atoms with Gasteiger partial charge in [-0.15, -0.1) is 11.3 Å². The second-order valence-corrected chi connectivity index (χ2v) is 8.77. The Morgan fingerprint density at radius 2 is 1.84 bits per heavy atom. The van der Waals surface area contributed by atoms with Crippen LogP contribution in [0.15, 0.2) is 59.4 Å². The van der Waals surface area contributed by atoms with Crippen LogP contribution in [-0.2, 0) is 19.6 Å². The van der Waals surface area contributed by atoms with E-state index in [1.54, 1.807) is 11.3 Å². The number of nitrogens with two attached hydrogens (primary N) is 1. The van der Waals surface area contributed by atoms with Gasteiger partial charge < -0.3 is 10.6 Å². The average molecular weight is 433 g/mol. The summed E-state index contributed by atoms with van der Waals surface area (Å²) in [6.07, 6.45) is 0.865. The summed E-state index contributed by atoms with van der Waals surface area (Å²) >= 11 is 1.60. The largest absolute Gasteiger partial charge is 0.486 e. The number of nitrogens with zero attached hydrogens (tertiary/aromatic N) is 3. The van der Waals surface area contributed by atoms with Gasteiger partial charge in [0.2, 0.25) is 0 Å². The standard InChI is InChI=1S/C24H24N4O2S/c1-2-27-13-12-19-20(14-27)31-23-22(19)24(29)28(25)21(26-23)15-30-18-10-8-17(9-11-18)16-6-4-3-5-7-16/h3-11H,2,12-15,25H2,1H3. The third-order valence-corrected chi connectivity index (χ3v) is 6.95. The number of likely N-dealkylation sites (N-methyl/N-ethyl adjacent to an activating group) is 1. The van der Waals surface area contributed by atoms with E-state index in [0.29, 0.717) is 17.0 Å². The van der Waals surface area contributed by atoms with Gasteiger partial charge in [0.25, 0.3) is 5.56 Å². The lowest BCUT2D eigenvalue weighted by Gasteiger charge is -2.24. The van der Waals surface area contributed by atoms with Gasteiger partial charge in [-0.3, -0.25) is 9.69 Å². The predicted molar refractivity (Wildman–Crippen MR) is 125 cm³/mol. The van der Waals surface area contributed by atoms with E-state index in [-0.39, 0.29) is 12.2 Å². The fourth-order valence-electron chi connectivity index (χ4n) is 4.04. The number of fused-ring (bicyclic) bond motifs is 3. The van der Waals surface area contributed by atoms with E-state index in [1.165, 1.54) is 4.88 Å². The lowest BCUT2D eigenvalue weighted by atomic mass is 10.1. The lowest BCUT2D eigenvalue weighted by molar-refractivity contribution is 0.272. The molecule has 0 fully saturated rings. The van der Waals surface area contributed by atoms with Crippen molar-refractivity contribution in [2.75, 3.05) is 18.9 Å². The van der Waals surface area contributed by atoms with Gasteiger partial charge in [0.15, 0.2) is 5.82 Å². The van der Waals surface area contributed by atoms with Crippen LogP contribution in [0.5, 0.6) is 5.75 Å². The molecule has 1 aliphatic heterocycles.